The van der Waals surface area contributed by atoms with Gasteiger partial charge in [-0.25, -0.2) is 0 Å². The summed E-state index contributed by atoms with van der Waals surface area (Å²) in [5.41, 5.74) is 1.32. The molecule has 2 saturated carbocycles. The molecule has 1 aromatic carbocycles. The normalized spacial score (nSPS) is 21.7. The third-order valence-electron chi connectivity index (χ3n) is 6.34. The summed E-state index contributed by atoms with van der Waals surface area (Å²) in [6.07, 6.45) is 7.41. The third kappa shape index (κ3) is 2.83. The summed E-state index contributed by atoms with van der Waals surface area (Å²) in [4.78, 5) is 41.6. The van der Waals surface area contributed by atoms with Gasteiger partial charge in [-0.2, -0.15) is 0 Å². The van der Waals surface area contributed by atoms with E-state index < -0.39 is 0 Å². The van der Waals surface area contributed by atoms with Crippen LogP contribution in [0, 0.1) is 5.92 Å². The lowest BCUT2D eigenvalue weighted by Gasteiger charge is -2.29. The molecule has 26 heavy (non-hydrogen) atoms. The van der Waals surface area contributed by atoms with Crippen molar-refractivity contribution in [3.8, 4) is 0 Å². The first-order chi connectivity index (χ1) is 12.5. The van der Waals surface area contributed by atoms with E-state index in [2.05, 4.69) is 6.92 Å². The Balaban J connectivity index is 1.58. The molecule has 1 heterocycles. The molecule has 0 radical (unpaired) electrons. The molecule has 0 aromatic heterocycles. The lowest BCUT2D eigenvalue weighted by Crippen LogP contribution is -2.40. The van der Waals surface area contributed by atoms with E-state index >= 15 is 0 Å². The van der Waals surface area contributed by atoms with Crippen LogP contribution in [0.3, 0.4) is 0 Å². The summed E-state index contributed by atoms with van der Waals surface area (Å²) < 4.78 is 0. The molecular formula is C21H26N2O3. The van der Waals surface area contributed by atoms with Crippen molar-refractivity contribution < 1.29 is 14.4 Å². The average Bonchev–Trinajstić information content (AvgIpc) is 3.48. The van der Waals surface area contributed by atoms with Gasteiger partial charge in [0.15, 0.2) is 0 Å². The number of carbonyl (C=O) groups is 3. The van der Waals surface area contributed by atoms with Crippen LogP contribution in [-0.4, -0.2) is 46.7 Å². The van der Waals surface area contributed by atoms with Gasteiger partial charge >= 0.3 is 0 Å². The van der Waals surface area contributed by atoms with Crippen LogP contribution in [0.15, 0.2) is 18.2 Å². The maximum atomic E-state index is 12.9. The van der Waals surface area contributed by atoms with Gasteiger partial charge in [-0.05, 0) is 56.7 Å². The topological polar surface area (TPSA) is 57.7 Å². The maximum absolute atomic E-state index is 12.9. The molecule has 1 aliphatic heterocycles. The zero-order chi connectivity index (χ0) is 18.4. The van der Waals surface area contributed by atoms with E-state index in [9.17, 15) is 14.4 Å². The van der Waals surface area contributed by atoms with Crippen LogP contribution in [0.25, 0.3) is 0 Å². The molecule has 138 valence electrons. The number of fused-ring (bicyclic) bond motifs is 1. The predicted molar refractivity (Wildman–Crippen MR) is 98.1 cm³/mol. The molecule has 0 N–H and O–H groups in total. The molecule has 3 amide bonds. The standard InChI is InChI=1S/C21H26N2O3/c1-13(14-8-9-14)22(2)19(24)15-10-11-17-18(12-15)21(26)23(20(17)25)16-6-4-3-5-7-16/h10-14,16H,3-9H2,1-2H3. The van der Waals surface area contributed by atoms with Crippen LogP contribution in [0.4, 0.5) is 0 Å². The number of hydrogen-bond donors (Lipinski definition) is 0. The fraction of sp³-hybridized carbons (Fsp3) is 0.571. The lowest BCUT2D eigenvalue weighted by atomic mass is 9.94. The number of amides is 3. The molecule has 0 saturated heterocycles. The first-order valence-corrected chi connectivity index (χ1v) is 9.78. The van der Waals surface area contributed by atoms with Crippen molar-refractivity contribution in [2.75, 3.05) is 7.05 Å². The minimum atomic E-state index is -0.232. The Morgan fingerprint density at radius 1 is 1.04 bits per heavy atom. The molecule has 5 nitrogen and oxygen atoms in total. The largest absolute Gasteiger partial charge is 0.339 e. The van der Waals surface area contributed by atoms with Crippen molar-refractivity contribution >= 4 is 17.7 Å². The third-order valence-corrected chi connectivity index (χ3v) is 6.34. The van der Waals surface area contributed by atoms with Gasteiger partial charge in [0, 0.05) is 24.7 Å². The fourth-order valence-electron chi connectivity index (χ4n) is 4.35. The van der Waals surface area contributed by atoms with Gasteiger partial charge in [0.1, 0.15) is 0 Å². The van der Waals surface area contributed by atoms with E-state index in [0.717, 1.165) is 25.7 Å². The van der Waals surface area contributed by atoms with Crippen molar-refractivity contribution in [1.29, 1.82) is 0 Å². The minimum absolute atomic E-state index is 0.00728. The molecule has 1 atom stereocenters. The Morgan fingerprint density at radius 2 is 1.69 bits per heavy atom. The zero-order valence-electron chi connectivity index (χ0n) is 15.5. The smallest absolute Gasteiger partial charge is 0.261 e. The van der Waals surface area contributed by atoms with Crippen molar-refractivity contribution in [2.45, 2.75) is 64.0 Å². The summed E-state index contributed by atoms with van der Waals surface area (Å²) in [6.45, 7) is 2.07. The first kappa shape index (κ1) is 17.3. The molecule has 1 unspecified atom stereocenters. The van der Waals surface area contributed by atoms with E-state index in [0.29, 0.717) is 22.6 Å². The first-order valence-electron chi connectivity index (χ1n) is 9.78. The molecule has 3 aliphatic rings. The molecule has 5 heteroatoms. The lowest BCUT2D eigenvalue weighted by molar-refractivity contribution is 0.0548. The summed E-state index contributed by atoms with van der Waals surface area (Å²) in [7, 11) is 1.82. The number of imide groups is 1. The van der Waals surface area contributed by atoms with Crippen LogP contribution in [0.5, 0.6) is 0 Å². The van der Waals surface area contributed by atoms with Crippen molar-refractivity contribution in [2.24, 2.45) is 5.92 Å². The van der Waals surface area contributed by atoms with Gasteiger partial charge in [0.05, 0.1) is 11.1 Å². The Hall–Kier alpha value is -2.17. The van der Waals surface area contributed by atoms with Crippen LogP contribution >= 0.6 is 0 Å². The predicted octanol–water partition coefficient (Wildman–Crippen LogP) is 3.49. The van der Waals surface area contributed by atoms with Crippen LogP contribution in [0.1, 0.15) is 82.9 Å². The second kappa shape index (κ2) is 6.53. The fourth-order valence-corrected chi connectivity index (χ4v) is 4.35. The SMILES string of the molecule is CC(C1CC1)N(C)C(=O)c1ccc2c(c1)C(=O)N(C1CCCCC1)C2=O. The van der Waals surface area contributed by atoms with Crippen LogP contribution in [0.2, 0.25) is 0 Å². The Kier molecular flexibility index (Phi) is 4.33. The highest BCUT2D eigenvalue weighted by Gasteiger charge is 2.41. The Morgan fingerprint density at radius 3 is 2.35 bits per heavy atom. The second-order valence-corrected chi connectivity index (χ2v) is 8.03. The van der Waals surface area contributed by atoms with Crippen molar-refractivity contribution in [1.82, 2.24) is 9.80 Å². The molecule has 2 fully saturated rings. The number of benzene rings is 1. The number of hydrogen-bond acceptors (Lipinski definition) is 3. The summed E-state index contributed by atoms with van der Waals surface area (Å²) in [5.74, 6) is 0.0759. The van der Waals surface area contributed by atoms with Gasteiger partial charge in [-0.15, -0.1) is 0 Å². The molecule has 1 aromatic rings. The van der Waals surface area contributed by atoms with Gasteiger partial charge in [0.2, 0.25) is 0 Å². The number of rotatable bonds is 4. The molecule has 4 rings (SSSR count). The Bertz CT molecular complexity index is 763. The monoisotopic (exact) mass is 354 g/mol. The maximum Gasteiger partial charge on any atom is 0.261 e. The van der Waals surface area contributed by atoms with Gasteiger partial charge in [-0.1, -0.05) is 19.3 Å². The highest BCUT2D eigenvalue weighted by Crippen LogP contribution is 2.35. The molecule has 0 spiro atoms. The van der Waals surface area contributed by atoms with E-state index in [1.807, 2.05) is 7.05 Å². The molecular weight excluding hydrogens is 328 g/mol. The highest BCUT2D eigenvalue weighted by molar-refractivity contribution is 6.22. The number of carbonyl (C=O) groups excluding carboxylic acids is 3. The van der Waals surface area contributed by atoms with E-state index in [1.54, 1.807) is 23.1 Å². The van der Waals surface area contributed by atoms with Crippen molar-refractivity contribution in [3.05, 3.63) is 34.9 Å². The van der Waals surface area contributed by atoms with Crippen LogP contribution < -0.4 is 0 Å². The zero-order valence-corrected chi connectivity index (χ0v) is 15.5. The van der Waals surface area contributed by atoms with Crippen molar-refractivity contribution in [3.63, 3.8) is 0 Å². The van der Waals surface area contributed by atoms with Gasteiger partial charge in [-0.3, -0.25) is 19.3 Å². The van der Waals surface area contributed by atoms with E-state index in [1.165, 1.54) is 24.2 Å². The van der Waals surface area contributed by atoms with Gasteiger partial charge in [0.25, 0.3) is 17.7 Å². The molecule has 0 bridgehead atoms. The van der Waals surface area contributed by atoms with Gasteiger partial charge < -0.3 is 4.90 Å². The Labute approximate surface area is 154 Å². The average molecular weight is 354 g/mol. The number of nitrogens with zero attached hydrogens (tertiary/aromatic N) is 2. The van der Waals surface area contributed by atoms with E-state index in [4.69, 9.17) is 0 Å². The minimum Gasteiger partial charge on any atom is -0.339 e. The summed E-state index contributed by atoms with van der Waals surface area (Å²) >= 11 is 0. The highest BCUT2D eigenvalue weighted by atomic mass is 16.2. The summed E-state index contributed by atoms with van der Waals surface area (Å²) in [5, 5.41) is 0. The second-order valence-electron chi connectivity index (χ2n) is 8.03. The quantitative estimate of drug-likeness (QED) is 0.778. The van der Waals surface area contributed by atoms with Crippen LogP contribution in [-0.2, 0) is 0 Å². The van der Waals surface area contributed by atoms with E-state index in [-0.39, 0.29) is 29.8 Å². The molecule has 2 aliphatic carbocycles. The summed E-state index contributed by atoms with van der Waals surface area (Å²) in [6, 6.07) is 5.17.